The Morgan fingerprint density at radius 1 is 1.23 bits per heavy atom. The third kappa shape index (κ3) is 3.09. The average molecular weight is 311 g/mol. The number of nitrogens with zero attached hydrogens (tertiary/aromatic N) is 4. The van der Waals surface area contributed by atoms with Gasteiger partial charge in [-0.2, -0.15) is 0 Å². The van der Waals surface area contributed by atoms with Gasteiger partial charge in [-0.25, -0.2) is 15.0 Å². The number of hydrogen-bond acceptors (Lipinski definition) is 6. The minimum Gasteiger partial charge on any atom is -0.364 e. The Morgan fingerprint density at radius 3 is 2.68 bits per heavy atom. The van der Waals surface area contributed by atoms with Crippen LogP contribution < -0.4 is 10.6 Å². The van der Waals surface area contributed by atoms with Crippen molar-refractivity contribution < 1.29 is 4.79 Å². The Balaban J connectivity index is 1.97. The van der Waals surface area contributed by atoms with Gasteiger partial charge in [-0.3, -0.25) is 9.69 Å². The second-order valence-electron chi connectivity index (χ2n) is 4.52. The fraction of sp³-hybridized carbons (Fsp3) is 0.0667. The SMILES string of the molecule is NC(=O)c1csc(N(Cc2ccccc2)c2ccncn2)n1. The zero-order valence-electron chi connectivity index (χ0n) is 11.6. The van der Waals surface area contributed by atoms with E-state index in [1.165, 1.54) is 17.7 Å². The molecule has 22 heavy (non-hydrogen) atoms. The highest BCUT2D eigenvalue weighted by Gasteiger charge is 2.16. The van der Waals surface area contributed by atoms with Crippen LogP contribution >= 0.6 is 11.3 Å². The van der Waals surface area contributed by atoms with Crippen molar-refractivity contribution in [3.05, 3.63) is 65.6 Å². The zero-order valence-corrected chi connectivity index (χ0v) is 12.4. The summed E-state index contributed by atoms with van der Waals surface area (Å²) in [6.07, 6.45) is 3.15. The molecule has 1 amide bonds. The van der Waals surface area contributed by atoms with E-state index in [-0.39, 0.29) is 5.69 Å². The molecule has 0 radical (unpaired) electrons. The van der Waals surface area contributed by atoms with Crippen LogP contribution in [0.2, 0.25) is 0 Å². The van der Waals surface area contributed by atoms with Crippen LogP contribution in [0.5, 0.6) is 0 Å². The number of nitrogens with two attached hydrogens (primary N) is 1. The third-order valence-corrected chi connectivity index (χ3v) is 3.87. The number of aromatic nitrogens is 3. The van der Waals surface area contributed by atoms with Gasteiger partial charge in [0, 0.05) is 11.6 Å². The molecule has 0 spiro atoms. The highest BCUT2D eigenvalue weighted by Crippen LogP contribution is 2.28. The third-order valence-electron chi connectivity index (χ3n) is 3.00. The fourth-order valence-corrected chi connectivity index (χ4v) is 2.78. The fourth-order valence-electron chi connectivity index (χ4n) is 1.96. The number of anilines is 2. The Hall–Kier alpha value is -2.80. The molecule has 0 fully saturated rings. The first-order valence-electron chi connectivity index (χ1n) is 6.57. The molecule has 110 valence electrons. The molecule has 2 N–H and O–H groups in total. The molecule has 0 saturated heterocycles. The first-order valence-corrected chi connectivity index (χ1v) is 7.45. The number of carbonyl (C=O) groups is 1. The van der Waals surface area contributed by atoms with Crippen molar-refractivity contribution in [2.75, 3.05) is 4.90 Å². The summed E-state index contributed by atoms with van der Waals surface area (Å²) in [6.45, 7) is 0.587. The molecule has 0 aliphatic heterocycles. The monoisotopic (exact) mass is 311 g/mol. The quantitative estimate of drug-likeness (QED) is 0.782. The molecular weight excluding hydrogens is 298 g/mol. The lowest BCUT2D eigenvalue weighted by Gasteiger charge is -2.20. The van der Waals surface area contributed by atoms with Crippen molar-refractivity contribution in [3.8, 4) is 0 Å². The van der Waals surface area contributed by atoms with Crippen molar-refractivity contribution in [1.82, 2.24) is 15.0 Å². The van der Waals surface area contributed by atoms with Crippen molar-refractivity contribution in [2.24, 2.45) is 5.73 Å². The van der Waals surface area contributed by atoms with E-state index in [1.807, 2.05) is 35.2 Å². The first kappa shape index (κ1) is 14.2. The van der Waals surface area contributed by atoms with Crippen LogP contribution in [0.3, 0.4) is 0 Å². The van der Waals surface area contributed by atoms with Gasteiger partial charge >= 0.3 is 0 Å². The van der Waals surface area contributed by atoms with Crippen LogP contribution in [0.4, 0.5) is 10.9 Å². The predicted octanol–water partition coefficient (Wildman–Crippen LogP) is 2.37. The smallest absolute Gasteiger partial charge is 0.268 e. The molecule has 2 heterocycles. The summed E-state index contributed by atoms with van der Waals surface area (Å²) in [4.78, 5) is 25.7. The molecule has 0 aliphatic carbocycles. The van der Waals surface area contributed by atoms with Gasteiger partial charge in [-0.05, 0) is 11.6 Å². The highest BCUT2D eigenvalue weighted by molar-refractivity contribution is 7.14. The van der Waals surface area contributed by atoms with Crippen LogP contribution in [-0.4, -0.2) is 20.9 Å². The molecule has 0 atom stereocenters. The van der Waals surface area contributed by atoms with Gasteiger partial charge in [-0.15, -0.1) is 11.3 Å². The standard InChI is InChI=1S/C15H13N5OS/c16-14(21)12-9-22-15(19-12)20(13-6-7-17-10-18-13)8-11-4-2-1-3-5-11/h1-7,9-10H,8H2,(H2,16,21). The number of hydrogen-bond donors (Lipinski definition) is 1. The first-order chi connectivity index (χ1) is 10.7. The molecule has 2 aromatic heterocycles. The Labute approximate surface area is 131 Å². The van der Waals surface area contributed by atoms with E-state index in [4.69, 9.17) is 5.73 Å². The van der Waals surface area contributed by atoms with E-state index in [1.54, 1.807) is 17.6 Å². The summed E-state index contributed by atoms with van der Waals surface area (Å²) in [7, 11) is 0. The maximum Gasteiger partial charge on any atom is 0.268 e. The Kier molecular flexibility index (Phi) is 4.06. The summed E-state index contributed by atoms with van der Waals surface area (Å²) >= 11 is 1.35. The molecule has 0 aliphatic rings. The van der Waals surface area contributed by atoms with Gasteiger partial charge in [0.05, 0.1) is 6.54 Å². The maximum absolute atomic E-state index is 11.3. The number of benzene rings is 1. The lowest BCUT2D eigenvalue weighted by Crippen LogP contribution is -2.18. The molecule has 3 aromatic rings. The van der Waals surface area contributed by atoms with Crippen molar-refractivity contribution in [2.45, 2.75) is 6.54 Å². The second kappa shape index (κ2) is 6.31. The van der Waals surface area contributed by atoms with Crippen LogP contribution in [0.15, 0.2) is 54.3 Å². The van der Waals surface area contributed by atoms with E-state index >= 15 is 0 Å². The minimum atomic E-state index is -0.537. The van der Waals surface area contributed by atoms with Gasteiger partial charge in [0.25, 0.3) is 5.91 Å². The topological polar surface area (TPSA) is 85.0 Å². The molecule has 3 rings (SSSR count). The summed E-state index contributed by atoms with van der Waals surface area (Å²) in [5, 5.41) is 2.31. The Morgan fingerprint density at radius 2 is 2.05 bits per heavy atom. The van der Waals surface area contributed by atoms with Crippen LogP contribution in [0, 0.1) is 0 Å². The number of carbonyl (C=O) groups excluding carboxylic acids is 1. The highest BCUT2D eigenvalue weighted by atomic mass is 32.1. The van der Waals surface area contributed by atoms with Gasteiger partial charge in [0.15, 0.2) is 5.13 Å². The number of rotatable bonds is 5. The predicted molar refractivity (Wildman–Crippen MR) is 84.9 cm³/mol. The number of thiazole rings is 1. The molecule has 6 nitrogen and oxygen atoms in total. The van der Waals surface area contributed by atoms with Crippen molar-refractivity contribution >= 4 is 28.2 Å². The van der Waals surface area contributed by atoms with E-state index in [2.05, 4.69) is 15.0 Å². The van der Waals surface area contributed by atoms with Gasteiger partial charge < -0.3 is 5.73 Å². The summed E-state index contributed by atoms with van der Waals surface area (Å²) in [5.74, 6) is 0.175. The molecule has 0 bridgehead atoms. The molecular formula is C15H13N5OS. The maximum atomic E-state index is 11.3. The van der Waals surface area contributed by atoms with Gasteiger partial charge in [0.1, 0.15) is 17.8 Å². The average Bonchev–Trinajstić information content (AvgIpc) is 3.04. The van der Waals surface area contributed by atoms with E-state index in [0.717, 1.165) is 5.56 Å². The van der Waals surface area contributed by atoms with Crippen molar-refractivity contribution in [3.63, 3.8) is 0 Å². The van der Waals surface area contributed by atoms with Crippen LogP contribution in [0.1, 0.15) is 16.1 Å². The Bertz CT molecular complexity index is 760. The lowest BCUT2D eigenvalue weighted by atomic mass is 10.2. The van der Waals surface area contributed by atoms with Gasteiger partial charge in [0.2, 0.25) is 0 Å². The van der Waals surface area contributed by atoms with E-state index < -0.39 is 5.91 Å². The molecule has 1 aromatic carbocycles. The largest absolute Gasteiger partial charge is 0.364 e. The van der Waals surface area contributed by atoms with Crippen LogP contribution in [-0.2, 0) is 6.54 Å². The summed E-state index contributed by atoms with van der Waals surface area (Å²) in [5.41, 5.74) is 6.64. The molecule has 7 heteroatoms. The summed E-state index contributed by atoms with van der Waals surface area (Å²) in [6, 6.07) is 11.8. The molecule has 0 saturated carbocycles. The second-order valence-corrected chi connectivity index (χ2v) is 5.36. The van der Waals surface area contributed by atoms with Gasteiger partial charge in [-0.1, -0.05) is 30.3 Å². The minimum absolute atomic E-state index is 0.257. The van der Waals surface area contributed by atoms with E-state index in [9.17, 15) is 4.79 Å². The van der Waals surface area contributed by atoms with Crippen LogP contribution in [0.25, 0.3) is 0 Å². The summed E-state index contributed by atoms with van der Waals surface area (Å²) < 4.78 is 0. The lowest BCUT2D eigenvalue weighted by molar-refractivity contribution is 0.0996. The van der Waals surface area contributed by atoms with Crippen molar-refractivity contribution in [1.29, 1.82) is 0 Å². The zero-order chi connectivity index (χ0) is 15.4. The number of amides is 1. The number of primary amides is 1. The normalized spacial score (nSPS) is 10.4. The molecule has 0 unspecified atom stereocenters. The van der Waals surface area contributed by atoms with E-state index in [0.29, 0.717) is 17.5 Å².